The minimum absolute atomic E-state index is 0.548. The number of halogens is 1. The lowest BCUT2D eigenvalue weighted by molar-refractivity contribution is 0.234. The van der Waals surface area contributed by atoms with Crippen LogP contribution in [0.2, 0.25) is 5.02 Å². The van der Waals surface area contributed by atoms with E-state index in [-0.39, 0.29) is 0 Å². The Morgan fingerprint density at radius 1 is 1.11 bits per heavy atom. The van der Waals surface area contributed by atoms with Crippen LogP contribution in [0.4, 0.5) is 5.69 Å². The first-order valence-corrected chi connectivity index (χ1v) is 9.55. The molecule has 1 aliphatic rings. The van der Waals surface area contributed by atoms with Gasteiger partial charge < -0.3 is 14.8 Å². The number of aromatic amines is 2. The standard InChI is InChI=1S/C20H21ClN6/c1-12-11-27(8-7-26(12)2)14-4-6-17-18(10-14)23-20(22-17)19-15-9-13(21)3-5-16(15)24-25-19/h3-6,9-10,12H,7-8,11H2,1-2H3,(H,22,23)(H,24,25). The van der Waals surface area contributed by atoms with Crippen molar-refractivity contribution in [1.82, 2.24) is 25.1 Å². The Bertz CT molecular complexity index is 1130. The van der Waals surface area contributed by atoms with Crippen LogP contribution in [-0.4, -0.2) is 57.8 Å². The van der Waals surface area contributed by atoms with E-state index in [0.717, 1.165) is 53.1 Å². The van der Waals surface area contributed by atoms with Crippen molar-refractivity contribution >= 4 is 39.2 Å². The number of H-pyrrole nitrogens is 2. The van der Waals surface area contributed by atoms with Gasteiger partial charge in [-0.2, -0.15) is 5.10 Å². The topological polar surface area (TPSA) is 63.8 Å². The Morgan fingerprint density at radius 3 is 2.85 bits per heavy atom. The van der Waals surface area contributed by atoms with Gasteiger partial charge in [-0.1, -0.05) is 11.6 Å². The molecule has 1 fully saturated rings. The zero-order valence-corrected chi connectivity index (χ0v) is 16.1. The van der Waals surface area contributed by atoms with Gasteiger partial charge in [0.2, 0.25) is 0 Å². The van der Waals surface area contributed by atoms with E-state index in [2.05, 4.69) is 57.2 Å². The lowest BCUT2D eigenvalue weighted by Gasteiger charge is -2.39. The summed E-state index contributed by atoms with van der Waals surface area (Å²) < 4.78 is 0. The third kappa shape index (κ3) is 2.85. The van der Waals surface area contributed by atoms with Crippen LogP contribution in [0.1, 0.15) is 6.92 Å². The Morgan fingerprint density at radius 2 is 2.00 bits per heavy atom. The highest BCUT2D eigenvalue weighted by Gasteiger charge is 2.21. The van der Waals surface area contributed by atoms with Crippen molar-refractivity contribution < 1.29 is 0 Å². The average molecular weight is 381 g/mol. The van der Waals surface area contributed by atoms with E-state index in [0.29, 0.717) is 11.1 Å². The molecule has 3 heterocycles. The van der Waals surface area contributed by atoms with Crippen LogP contribution >= 0.6 is 11.6 Å². The maximum Gasteiger partial charge on any atom is 0.159 e. The van der Waals surface area contributed by atoms with E-state index in [9.17, 15) is 0 Å². The number of fused-ring (bicyclic) bond motifs is 2. The normalized spacial score (nSPS) is 18.6. The first-order valence-electron chi connectivity index (χ1n) is 9.17. The second-order valence-electron chi connectivity index (χ2n) is 7.32. The molecule has 0 radical (unpaired) electrons. The number of benzene rings is 2. The van der Waals surface area contributed by atoms with Gasteiger partial charge in [-0.15, -0.1) is 0 Å². The van der Waals surface area contributed by atoms with E-state index < -0.39 is 0 Å². The summed E-state index contributed by atoms with van der Waals surface area (Å²) in [7, 11) is 2.19. The van der Waals surface area contributed by atoms with Gasteiger partial charge in [0, 0.05) is 41.8 Å². The monoisotopic (exact) mass is 380 g/mol. The Kier molecular flexibility index (Phi) is 3.84. The predicted octanol–water partition coefficient (Wildman–Crippen LogP) is 3.90. The molecular weight excluding hydrogens is 360 g/mol. The molecule has 5 rings (SSSR count). The van der Waals surface area contributed by atoms with Crippen molar-refractivity contribution in [1.29, 1.82) is 0 Å². The smallest absolute Gasteiger partial charge is 0.159 e. The lowest BCUT2D eigenvalue weighted by Crippen LogP contribution is -2.50. The highest BCUT2D eigenvalue weighted by molar-refractivity contribution is 6.31. The minimum atomic E-state index is 0.548. The van der Waals surface area contributed by atoms with Gasteiger partial charge in [0.05, 0.1) is 16.6 Å². The average Bonchev–Trinajstić information content (AvgIpc) is 3.26. The number of rotatable bonds is 2. The number of piperazine rings is 1. The zero-order chi connectivity index (χ0) is 18.5. The van der Waals surface area contributed by atoms with E-state index >= 15 is 0 Å². The lowest BCUT2D eigenvalue weighted by atomic mass is 10.1. The number of nitrogens with zero attached hydrogens (tertiary/aromatic N) is 4. The molecule has 138 valence electrons. The van der Waals surface area contributed by atoms with Crippen LogP contribution in [0.3, 0.4) is 0 Å². The van der Waals surface area contributed by atoms with Crippen molar-refractivity contribution in [2.45, 2.75) is 13.0 Å². The molecule has 1 unspecified atom stereocenters. The van der Waals surface area contributed by atoms with Crippen LogP contribution < -0.4 is 4.90 Å². The summed E-state index contributed by atoms with van der Waals surface area (Å²) in [5, 5.41) is 9.14. The van der Waals surface area contributed by atoms with Crippen molar-refractivity contribution in [3.8, 4) is 11.5 Å². The first-order chi connectivity index (χ1) is 13.1. The molecule has 1 saturated heterocycles. The molecule has 0 saturated carbocycles. The third-order valence-corrected chi connectivity index (χ3v) is 5.77. The van der Waals surface area contributed by atoms with E-state index in [1.54, 1.807) is 0 Å². The van der Waals surface area contributed by atoms with Gasteiger partial charge in [-0.25, -0.2) is 4.98 Å². The van der Waals surface area contributed by atoms with Gasteiger partial charge in [-0.3, -0.25) is 5.10 Å². The number of imidazole rings is 1. The molecule has 2 aromatic heterocycles. The summed E-state index contributed by atoms with van der Waals surface area (Å²) in [6.07, 6.45) is 0. The quantitative estimate of drug-likeness (QED) is 0.553. The molecule has 2 N–H and O–H groups in total. The maximum atomic E-state index is 6.16. The van der Waals surface area contributed by atoms with Gasteiger partial charge in [0.1, 0.15) is 5.69 Å². The molecule has 0 aliphatic carbocycles. The fourth-order valence-electron chi connectivity index (χ4n) is 3.76. The summed E-state index contributed by atoms with van der Waals surface area (Å²) in [5.41, 5.74) is 4.93. The minimum Gasteiger partial charge on any atom is -0.369 e. The van der Waals surface area contributed by atoms with Crippen LogP contribution in [0.5, 0.6) is 0 Å². The molecule has 6 nitrogen and oxygen atoms in total. The van der Waals surface area contributed by atoms with E-state index in [4.69, 9.17) is 16.6 Å². The highest BCUT2D eigenvalue weighted by Crippen LogP contribution is 2.30. The number of nitrogens with one attached hydrogen (secondary N) is 2. The number of hydrogen-bond donors (Lipinski definition) is 2. The molecule has 27 heavy (non-hydrogen) atoms. The first kappa shape index (κ1) is 16.6. The second kappa shape index (κ2) is 6.25. The zero-order valence-electron chi connectivity index (χ0n) is 15.3. The molecule has 7 heteroatoms. The molecule has 4 aromatic rings. The van der Waals surface area contributed by atoms with Crippen LogP contribution in [0.15, 0.2) is 36.4 Å². The van der Waals surface area contributed by atoms with Gasteiger partial charge in [-0.05, 0) is 50.4 Å². The Labute approximate surface area is 162 Å². The molecule has 1 aliphatic heterocycles. The molecule has 0 spiro atoms. The van der Waals surface area contributed by atoms with Gasteiger partial charge in [0.15, 0.2) is 5.82 Å². The molecule has 0 amide bonds. The number of hydrogen-bond acceptors (Lipinski definition) is 4. The van der Waals surface area contributed by atoms with Crippen molar-refractivity contribution in [3.63, 3.8) is 0 Å². The second-order valence-corrected chi connectivity index (χ2v) is 7.76. The van der Waals surface area contributed by atoms with E-state index in [1.807, 2.05) is 18.2 Å². The number of likely N-dealkylation sites (N-methyl/N-ethyl adjacent to an activating group) is 1. The number of anilines is 1. The number of aromatic nitrogens is 4. The third-order valence-electron chi connectivity index (χ3n) is 5.54. The molecular formula is C20H21ClN6. The van der Waals surface area contributed by atoms with Crippen molar-refractivity contribution in [3.05, 3.63) is 41.4 Å². The van der Waals surface area contributed by atoms with Crippen LogP contribution in [0.25, 0.3) is 33.5 Å². The molecule has 0 bridgehead atoms. The summed E-state index contributed by atoms with van der Waals surface area (Å²) >= 11 is 6.16. The fourth-order valence-corrected chi connectivity index (χ4v) is 3.93. The Hall–Kier alpha value is -2.57. The van der Waals surface area contributed by atoms with Gasteiger partial charge >= 0.3 is 0 Å². The summed E-state index contributed by atoms with van der Waals surface area (Å²) in [4.78, 5) is 13.0. The highest BCUT2D eigenvalue weighted by atomic mass is 35.5. The largest absolute Gasteiger partial charge is 0.369 e. The maximum absolute atomic E-state index is 6.16. The fraction of sp³-hybridized carbons (Fsp3) is 0.300. The molecule has 1 atom stereocenters. The van der Waals surface area contributed by atoms with E-state index in [1.165, 1.54) is 5.69 Å². The Balaban J connectivity index is 1.53. The predicted molar refractivity (Wildman–Crippen MR) is 110 cm³/mol. The van der Waals surface area contributed by atoms with Crippen LogP contribution in [-0.2, 0) is 0 Å². The summed E-state index contributed by atoms with van der Waals surface area (Å²) in [5.74, 6) is 0.752. The summed E-state index contributed by atoms with van der Waals surface area (Å²) in [6, 6.07) is 12.7. The van der Waals surface area contributed by atoms with Crippen molar-refractivity contribution in [2.75, 3.05) is 31.6 Å². The van der Waals surface area contributed by atoms with Gasteiger partial charge in [0.25, 0.3) is 0 Å². The summed E-state index contributed by atoms with van der Waals surface area (Å²) in [6.45, 7) is 5.42. The SMILES string of the molecule is CC1CN(c2ccc3nc(-c4n[nH]c5ccc(Cl)cc45)[nH]c3c2)CCN1C. The van der Waals surface area contributed by atoms with Crippen molar-refractivity contribution in [2.24, 2.45) is 0 Å². The van der Waals surface area contributed by atoms with Crippen LogP contribution in [0, 0.1) is 0 Å². The molecule has 2 aromatic carbocycles.